The van der Waals surface area contributed by atoms with Crippen molar-refractivity contribution < 1.29 is 4.39 Å². The predicted octanol–water partition coefficient (Wildman–Crippen LogP) is 4.04. The maximum Gasteiger partial charge on any atom is 0.114 e. The van der Waals surface area contributed by atoms with Gasteiger partial charge in [-0.2, -0.15) is 0 Å². The summed E-state index contributed by atoms with van der Waals surface area (Å²) in [5.41, 5.74) is 5.09. The minimum absolute atomic E-state index is 0.214. The van der Waals surface area contributed by atoms with E-state index in [-0.39, 0.29) is 5.41 Å². The van der Waals surface area contributed by atoms with Crippen LogP contribution in [0.4, 0.5) is 4.39 Å². The fourth-order valence-corrected chi connectivity index (χ4v) is 5.71. The molecule has 8 nitrogen and oxygen atoms in total. The van der Waals surface area contributed by atoms with Crippen molar-refractivity contribution in [2.75, 3.05) is 6.54 Å². The van der Waals surface area contributed by atoms with Crippen molar-refractivity contribution in [1.29, 1.82) is 0 Å². The van der Waals surface area contributed by atoms with Crippen molar-refractivity contribution in [3.05, 3.63) is 78.9 Å². The molecule has 3 saturated carbocycles. The Morgan fingerprint density at radius 3 is 2.74 bits per heavy atom. The lowest BCUT2D eigenvalue weighted by Gasteiger charge is -2.66. The monoisotopic (exact) mass is 468 g/mol. The van der Waals surface area contributed by atoms with E-state index < -0.39 is 5.67 Å². The van der Waals surface area contributed by atoms with E-state index in [0.717, 1.165) is 71.6 Å². The number of hydrogen-bond acceptors (Lipinski definition) is 5. The molecule has 5 heterocycles. The Morgan fingerprint density at radius 2 is 1.91 bits per heavy atom. The van der Waals surface area contributed by atoms with Crippen LogP contribution in [0.1, 0.15) is 30.7 Å². The van der Waals surface area contributed by atoms with E-state index in [2.05, 4.69) is 42.7 Å². The third-order valence-electron chi connectivity index (χ3n) is 7.29. The Kier molecular flexibility index (Phi) is 4.44. The average Bonchev–Trinajstić information content (AvgIpc) is 3.58. The number of aromatic nitrogens is 7. The second-order valence-electron chi connectivity index (χ2n) is 10.2. The maximum absolute atomic E-state index is 13.7. The molecule has 2 N–H and O–H groups in total. The molecule has 0 aromatic carbocycles. The molecule has 0 aliphatic heterocycles. The van der Waals surface area contributed by atoms with Gasteiger partial charge in [-0.1, -0.05) is 5.21 Å². The number of H-pyrrole nitrogens is 1. The highest BCUT2D eigenvalue weighted by molar-refractivity contribution is 5.79. The molecule has 5 aromatic rings. The first-order valence-electron chi connectivity index (χ1n) is 11.9. The third-order valence-corrected chi connectivity index (χ3v) is 7.29. The van der Waals surface area contributed by atoms with Crippen LogP contribution in [-0.4, -0.2) is 46.7 Å². The summed E-state index contributed by atoms with van der Waals surface area (Å²) in [6.45, 7) is 2.15. The number of halogens is 1. The second-order valence-corrected chi connectivity index (χ2v) is 10.2. The minimum Gasteiger partial charge on any atom is -0.357 e. The van der Waals surface area contributed by atoms with Crippen LogP contribution in [0.15, 0.2) is 67.5 Å². The number of pyridine rings is 2. The van der Waals surface area contributed by atoms with Crippen LogP contribution < -0.4 is 5.32 Å². The summed E-state index contributed by atoms with van der Waals surface area (Å²) in [6, 6.07) is 10.2. The quantitative estimate of drug-likeness (QED) is 0.359. The number of nitrogens with one attached hydrogen (secondary N) is 2. The van der Waals surface area contributed by atoms with E-state index in [0.29, 0.717) is 6.54 Å². The van der Waals surface area contributed by atoms with Gasteiger partial charge >= 0.3 is 0 Å². The van der Waals surface area contributed by atoms with Crippen LogP contribution in [-0.2, 0) is 13.1 Å². The first-order valence-corrected chi connectivity index (χ1v) is 11.9. The second kappa shape index (κ2) is 7.58. The zero-order valence-corrected chi connectivity index (χ0v) is 19.2. The minimum atomic E-state index is -0.834. The Labute approximate surface area is 201 Å². The fraction of sp³-hybridized carbons (Fsp3) is 0.308. The van der Waals surface area contributed by atoms with E-state index in [9.17, 15) is 4.39 Å². The molecule has 3 aliphatic rings. The van der Waals surface area contributed by atoms with Gasteiger partial charge in [-0.3, -0.25) is 9.97 Å². The van der Waals surface area contributed by atoms with Gasteiger partial charge in [-0.05, 0) is 55.0 Å². The molecule has 0 unspecified atom stereocenters. The number of alkyl halides is 1. The molecule has 0 atom stereocenters. The van der Waals surface area contributed by atoms with Crippen molar-refractivity contribution >= 4 is 10.9 Å². The van der Waals surface area contributed by atoms with Crippen LogP contribution in [0.25, 0.3) is 27.8 Å². The molecule has 0 amide bonds. The molecular formula is C26H25FN8. The van der Waals surface area contributed by atoms with Gasteiger partial charge in [0.1, 0.15) is 11.4 Å². The number of fused-ring (bicyclic) bond motifs is 1. The Morgan fingerprint density at radius 1 is 1.06 bits per heavy atom. The first-order chi connectivity index (χ1) is 17.0. The fourth-order valence-electron chi connectivity index (χ4n) is 5.71. The van der Waals surface area contributed by atoms with Gasteiger partial charge < -0.3 is 14.9 Å². The highest BCUT2D eigenvalue weighted by atomic mass is 19.1. The Balaban J connectivity index is 1.02. The van der Waals surface area contributed by atoms with Crippen LogP contribution >= 0.6 is 0 Å². The Bertz CT molecular complexity index is 1500. The SMILES string of the molecule is FC12CC(CNCc3cc4cnc(Cn5cc(-c6cncc(-n7cccc7)c6)nn5)cc4[nH]3)(C1)C2. The van der Waals surface area contributed by atoms with Crippen LogP contribution in [0, 0.1) is 5.41 Å². The molecule has 3 aliphatic carbocycles. The molecule has 8 rings (SSSR count). The number of hydrogen-bond donors (Lipinski definition) is 2. The van der Waals surface area contributed by atoms with E-state index in [1.165, 1.54) is 0 Å². The molecule has 0 radical (unpaired) electrons. The van der Waals surface area contributed by atoms with E-state index in [4.69, 9.17) is 0 Å². The van der Waals surface area contributed by atoms with Crippen molar-refractivity contribution in [1.82, 2.24) is 39.8 Å². The third kappa shape index (κ3) is 3.72. The molecule has 3 fully saturated rings. The van der Waals surface area contributed by atoms with Gasteiger partial charge in [-0.15, -0.1) is 5.10 Å². The van der Waals surface area contributed by atoms with Crippen LogP contribution in [0.3, 0.4) is 0 Å². The number of aromatic amines is 1. The van der Waals surface area contributed by atoms with Gasteiger partial charge in [0, 0.05) is 60.0 Å². The van der Waals surface area contributed by atoms with Crippen LogP contribution in [0.5, 0.6) is 0 Å². The average molecular weight is 469 g/mol. The largest absolute Gasteiger partial charge is 0.357 e. The zero-order chi connectivity index (χ0) is 23.5. The smallest absolute Gasteiger partial charge is 0.114 e. The summed E-state index contributed by atoms with van der Waals surface area (Å²) in [6.07, 6.45) is 13.6. The molecular weight excluding hydrogens is 443 g/mol. The molecule has 0 spiro atoms. The summed E-state index contributed by atoms with van der Waals surface area (Å²) in [5, 5.41) is 13.2. The lowest BCUT2D eigenvalue weighted by atomic mass is 9.42. The summed E-state index contributed by atoms with van der Waals surface area (Å²) in [7, 11) is 0. The molecule has 9 heteroatoms. The molecule has 35 heavy (non-hydrogen) atoms. The summed E-state index contributed by atoms with van der Waals surface area (Å²) < 4.78 is 17.5. The van der Waals surface area contributed by atoms with Gasteiger partial charge in [0.15, 0.2) is 0 Å². The van der Waals surface area contributed by atoms with Gasteiger partial charge in [-0.25, -0.2) is 9.07 Å². The maximum atomic E-state index is 13.7. The lowest BCUT2D eigenvalue weighted by Crippen LogP contribution is -2.67. The number of nitrogens with zero attached hydrogens (tertiary/aromatic N) is 6. The van der Waals surface area contributed by atoms with E-state index >= 15 is 0 Å². The number of rotatable bonds is 8. The van der Waals surface area contributed by atoms with Crippen molar-refractivity contribution in [2.45, 2.75) is 38.0 Å². The van der Waals surface area contributed by atoms with Crippen molar-refractivity contribution in [2.24, 2.45) is 5.41 Å². The zero-order valence-electron chi connectivity index (χ0n) is 19.2. The summed E-state index contributed by atoms with van der Waals surface area (Å²) in [4.78, 5) is 12.5. The van der Waals surface area contributed by atoms with Crippen LogP contribution in [0.2, 0.25) is 0 Å². The first kappa shape index (κ1) is 20.5. The van der Waals surface area contributed by atoms with Crippen molar-refractivity contribution in [3.63, 3.8) is 0 Å². The Hall–Kier alpha value is -3.85. The van der Waals surface area contributed by atoms with Gasteiger partial charge in [0.05, 0.1) is 30.3 Å². The summed E-state index contributed by atoms with van der Waals surface area (Å²) >= 11 is 0. The van der Waals surface area contributed by atoms with Crippen molar-refractivity contribution in [3.8, 4) is 16.9 Å². The predicted molar refractivity (Wildman–Crippen MR) is 130 cm³/mol. The molecule has 176 valence electrons. The molecule has 5 aromatic heterocycles. The van der Waals surface area contributed by atoms with Gasteiger partial charge in [0.25, 0.3) is 0 Å². The molecule has 2 bridgehead atoms. The standard InChI is InChI=1S/C26H25FN8/c27-26-14-25(15-26,16-26)17-29-10-20-5-18-9-30-21(7-23(18)31-20)12-35-13-24(32-33-35)19-6-22(11-28-8-19)34-3-1-2-4-34/h1-9,11,13,29,31H,10,12,14-17H2. The van der Waals surface area contributed by atoms with E-state index in [1.807, 2.05) is 53.8 Å². The van der Waals surface area contributed by atoms with E-state index in [1.54, 1.807) is 10.9 Å². The topological polar surface area (TPSA) is 89.2 Å². The van der Waals surface area contributed by atoms with Gasteiger partial charge in [0.2, 0.25) is 0 Å². The highest BCUT2D eigenvalue weighted by Crippen LogP contribution is 2.69. The highest BCUT2D eigenvalue weighted by Gasteiger charge is 2.68. The summed E-state index contributed by atoms with van der Waals surface area (Å²) in [5.74, 6) is 0. The lowest BCUT2D eigenvalue weighted by molar-refractivity contribution is -0.209. The molecule has 0 saturated heterocycles. The normalized spacial score (nSPS) is 22.8.